The number of nitrogens with one attached hydrogen (secondary N) is 1. The summed E-state index contributed by atoms with van der Waals surface area (Å²) < 4.78 is 56.4. The monoisotopic (exact) mass is 293 g/mol. The fourth-order valence-electron chi connectivity index (χ4n) is 1.95. The molecule has 1 aromatic carbocycles. The molecule has 20 heavy (non-hydrogen) atoms. The second-order valence-corrected chi connectivity index (χ2v) is 4.61. The minimum Gasteiger partial charge on any atom is -0.380 e. The maximum absolute atomic E-state index is 13.6. The normalized spacial score (nSPS) is 15.2. The zero-order chi connectivity index (χ0) is 15.3. The Morgan fingerprint density at radius 2 is 1.95 bits per heavy atom. The SMILES string of the molecule is CCCNC(c1ccc(C(F)(F)F)c(F)c1)C(C)OC. The van der Waals surface area contributed by atoms with Crippen LogP contribution in [0.2, 0.25) is 0 Å². The third-order valence-electron chi connectivity index (χ3n) is 3.11. The molecular weight excluding hydrogens is 274 g/mol. The van der Waals surface area contributed by atoms with Crippen LogP contribution in [0.25, 0.3) is 0 Å². The van der Waals surface area contributed by atoms with E-state index >= 15 is 0 Å². The number of rotatable bonds is 6. The summed E-state index contributed by atoms with van der Waals surface area (Å²) in [7, 11) is 1.51. The van der Waals surface area contributed by atoms with Crippen LogP contribution >= 0.6 is 0 Å². The van der Waals surface area contributed by atoms with Crippen LogP contribution < -0.4 is 5.32 Å². The Balaban J connectivity index is 3.06. The summed E-state index contributed by atoms with van der Waals surface area (Å²) in [5, 5.41) is 3.15. The topological polar surface area (TPSA) is 21.3 Å². The van der Waals surface area contributed by atoms with Gasteiger partial charge >= 0.3 is 6.18 Å². The average Bonchev–Trinajstić information content (AvgIpc) is 2.37. The van der Waals surface area contributed by atoms with Crippen molar-refractivity contribution in [3.05, 3.63) is 35.1 Å². The predicted molar refractivity (Wildman–Crippen MR) is 68.9 cm³/mol. The smallest absolute Gasteiger partial charge is 0.380 e. The van der Waals surface area contributed by atoms with Gasteiger partial charge in [-0.15, -0.1) is 0 Å². The summed E-state index contributed by atoms with van der Waals surface area (Å²) in [6, 6.07) is 2.63. The molecule has 2 atom stereocenters. The molecule has 0 amide bonds. The van der Waals surface area contributed by atoms with Gasteiger partial charge in [-0.05, 0) is 37.6 Å². The highest BCUT2D eigenvalue weighted by molar-refractivity contribution is 5.29. The van der Waals surface area contributed by atoms with Crippen molar-refractivity contribution in [3.8, 4) is 0 Å². The van der Waals surface area contributed by atoms with Crippen molar-refractivity contribution in [1.82, 2.24) is 5.32 Å². The van der Waals surface area contributed by atoms with Crippen molar-refractivity contribution in [3.63, 3.8) is 0 Å². The van der Waals surface area contributed by atoms with E-state index in [2.05, 4.69) is 5.32 Å². The molecule has 0 saturated heterocycles. The number of alkyl halides is 3. The van der Waals surface area contributed by atoms with Crippen LogP contribution in [0.15, 0.2) is 18.2 Å². The minimum atomic E-state index is -4.68. The molecule has 0 spiro atoms. The van der Waals surface area contributed by atoms with E-state index in [4.69, 9.17) is 4.74 Å². The van der Waals surface area contributed by atoms with Crippen molar-refractivity contribution in [2.75, 3.05) is 13.7 Å². The van der Waals surface area contributed by atoms with Gasteiger partial charge in [-0.25, -0.2) is 4.39 Å². The summed E-state index contributed by atoms with van der Waals surface area (Å²) in [4.78, 5) is 0. The number of halogens is 4. The molecule has 6 heteroatoms. The number of methoxy groups -OCH3 is 1. The van der Waals surface area contributed by atoms with Gasteiger partial charge in [-0.1, -0.05) is 13.0 Å². The molecule has 2 unspecified atom stereocenters. The van der Waals surface area contributed by atoms with Gasteiger partial charge in [0.15, 0.2) is 0 Å². The van der Waals surface area contributed by atoms with Crippen LogP contribution in [0.4, 0.5) is 17.6 Å². The van der Waals surface area contributed by atoms with E-state index in [1.807, 2.05) is 6.92 Å². The molecule has 0 aliphatic carbocycles. The fourth-order valence-corrected chi connectivity index (χ4v) is 1.95. The summed E-state index contributed by atoms with van der Waals surface area (Å²) >= 11 is 0. The first-order chi connectivity index (χ1) is 9.31. The predicted octanol–water partition coefficient (Wildman–Crippen LogP) is 3.92. The highest BCUT2D eigenvalue weighted by Crippen LogP contribution is 2.33. The van der Waals surface area contributed by atoms with Crippen LogP contribution in [-0.2, 0) is 10.9 Å². The minimum absolute atomic E-state index is 0.280. The zero-order valence-electron chi connectivity index (χ0n) is 11.7. The summed E-state index contributed by atoms with van der Waals surface area (Å²) in [5.74, 6) is -1.26. The van der Waals surface area contributed by atoms with E-state index in [1.54, 1.807) is 6.92 Å². The molecule has 0 radical (unpaired) electrons. The maximum atomic E-state index is 13.6. The molecule has 0 aliphatic heterocycles. The maximum Gasteiger partial charge on any atom is 0.419 e. The van der Waals surface area contributed by atoms with E-state index < -0.39 is 17.6 Å². The van der Waals surface area contributed by atoms with E-state index in [0.29, 0.717) is 12.1 Å². The van der Waals surface area contributed by atoms with Gasteiger partial charge in [0.05, 0.1) is 17.7 Å². The lowest BCUT2D eigenvalue weighted by atomic mass is 10.00. The van der Waals surface area contributed by atoms with Crippen LogP contribution in [0.1, 0.15) is 37.4 Å². The quantitative estimate of drug-likeness (QED) is 0.803. The van der Waals surface area contributed by atoms with E-state index in [9.17, 15) is 17.6 Å². The first kappa shape index (κ1) is 16.9. The fraction of sp³-hybridized carbons (Fsp3) is 0.571. The van der Waals surface area contributed by atoms with Crippen LogP contribution in [-0.4, -0.2) is 19.8 Å². The van der Waals surface area contributed by atoms with Gasteiger partial charge in [-0.3, -0.25) is 0 Å². The standard InChI is InChI=1S/C14H19F4NO/c1-4-7-19-13(9(2)20-3)10-5-6-11(12(15)8-10)14(16,17)18/h5-6,8-9,13,19H,4,7H2,1-3H3. The Hall–Kier alpha value is -1.14. The summed E-state index contributed by atoms with van der Waals surface area (Å²) in [6.45, 7) is 4.42. The second-order valence-electron chi connectivity index (χ2n) is 4.61. The van der Waals surface area contributed by atoms with Crippen molar-refractivity contribution in [1.29, 1.82) is 0 Å². The van der Waals surface area contributed by atoms with Gasteiger partial charge in [0.25, 0.3) is 0 Å². The Labute approximate surface area is 116 Å². The molecule has 0 heterocycles. The lowest BCUT2D eigenvalue weighted by Crippen LogP contribution is -2.32. The van der Waals surface area contributed by atoms with E-state index in [-0.39, 0.29) is 12.1 Å². The van der Waals surface area contributed by atoms with E-state index in [0.717, 1.165) is 18.6 Å². The highest BCUT2D eigenvalue weighted by atomic mass is 19.4. The summed E-state index contributed by atoms with van der Waals surface area (Å²) in [5.41, 5.74) is -0.807. The van der Waals surface area contributed by atoms with Gasteiger partial charge < -0.3 is 10.1 Å². The van der Waals surface area contributed by atoms with Gasteiger partial charge in [0.2, 0.25) is 0 Å². The van der Waals surface area contributed by atoms with Crippen molar-refractivity contribution >= 4 is 0 Å². The first-order valence-corrected chi connectivity index (χ1v) is 6.44. The van der Waals surface area contributed by atoms with Gasteiger partial charge in [0.1, 0.15) is 5.82 Å². The Morgan fingerprint density at radius 1 is 1.30 bits per heavy atom. The van der Waals surface area contributed by atoms with Gasteiger partial charge in [0, 0.05) is 7.11 Å². The molecule has 0 saturated carbocycles. The molecule has 1 aromatic rings. The zero-order valence-corrected chi connectivity index (χ0v) is 11.7. The van der Waals surface area contributed by atoms with Crippen LogP contribution in [0.5, 0.6) is 0 Å². The molecule has 114 valence electrons. The number of hydrogen-bond acceptors (Lipinski definition) is 2. The third kappa shape index (κ3) is 4.18. The van der Waals surface area contributed by atoms with Crippen molar-refractivity contribution in [2.45, 2.75) is 38.6 Å². The Bertz CT molecular complexity index is 434. The first-order valence-electron chi connectivity index (χ1n) is 6.44. The molecule has 0 aromatic heterocycles. The lowest BCUT2D eigenvalue weighted by molar-refractivity contribution is -0.140. The van der Waals surface area contributed by atoms with E-state index in [1.165, 1.54) is 13.2 Å². The van der Waals surface area contributed by atoms with Gasteiger partial charge in [-0.2, -0.15) is 13.2 Å². The van der Waals surface area contributed by atoms with Crippen LogP contribution in [0, 0.1) is 5.82 Å². The lowest BCUT2D eigenvalue weighted by Gasteiger charge is -2.25. The molecule has 0 aliphatic rings. The Morgan fingerprint density at radius 3 is 2.40 bits per heavy atom. The van der Waals surface area contributed by atoms with Crippen LogP contribution in [0.3, 0.4) is 0 Å². The molecule has 0 bridgehead atoms. The largest absolute Gasteiger partial charge is 0.419 e. The molecule has 1 N–H and O–H groups in total. The molecule has 1 rings (SSSR count). The number of benzene rings is 1. The highest BCUT2D eigenvalue weighted by Gasteiger charge is 2.34. The van der Waals surface area contributed by atoms with Crippen molar-refractivity contribution < 1.29 is 22.3 Å². The summed E-state index contributed by atoms with van der Waals surface area (Å²) in [6.07, 6.45) is -4.10. The van der Waals surface area contributed by atoms with Crippen molar-refractivity contribution in [2.24, 2.45) is 0 Å². The number of hydrogen-bond donors (Lipinski definition) is 1. The third-order valence-corrected chi connectivity index (χ3v) is 3.11. The second kappa shape index (κ2) is 7.04. The number of ether oxygens (including phenoxy) is 1. The average molecular weight is 293 g/mol. The Kier molecular flexibility index (Phi) is 5.95. The molecule has 2 nitrogen and oxygen atoms in total. The molecule has 0 fully saturated rings. The molecular formula is C14H19F4NO.